The lowest BCUT2D eigenvalue weighted by molar-refractivity contribution is -0.147. The molecule has 3 aliphatic heterocycles. The van der Waals surface area contributed by atoms with Gasteiger partial charge in [-0.05, 0) is 49.3 Å². The average molecular weight is 634 g/mol. The van der Waals surface area contributed by atoms with E-state index in [9.17, 15) is 19.5 Å². The summed E-state index contributed by atoms with van der Waals surface area (Å²) < 4.78 is 6.73. The van der Waals surface area contributed by atoms with Gasteiger partial charge in [-0.1, -0.05) is 80.1 Å². The number of carbonyl (C=O) groups is 3. The minimum absolute atomic E-state index is 0.141. The average Bonchev–Trinajstić information content (AvgIpc) is 3.66. The summed E-state index contributed by atoms with van der Waals surface area (Å²) >= 11 is 6.68. The first kappa shape index (κ1) is 32.9. The first-order valence-electron chi connectivity index (χ1n) is 15.8. The molecule has 3 aliphatic rings. The number of aliphatic hydroxyl groups excluding tert-OH is 1. The number of carbonyl (C=O) groups excluding carboxylic acids is 3. The first-order valence-corrected chi connectivity index (χ1v) is 16.2. The highest BCUT2D eigenvalue weighted by atomic mass is 35.5. The summed E-state index contributed by atoms with van der Waals surface area (Å²) in [7, 11) is 0. The topological polar surface area (TPSA) is 90.4 Å². The third-order valence-electron chi connectivity index (χ3n) is 9.52. The van der Waals surface area contributed by atoms with E-state index in [0.29, 0.717) is 43.1 Å². The lowest BCUT2D eigenvalue weighted by atomic mass is 9.70. The van der Waals surface area contributed by atoms with Gasteiger partial charge in [0.15, 0.2) is 0 Å². The van der Waals surface area contributed by atoms with Crippen molar-refractivity contribution in [3.8, 4) is 0 Å². The number of ether oxygens (including phenoxy) is 1. The van der Waals surface area contributed by atoms with Crippen molar-refractivity contribution >= 4 is 35.0 Å². The van der Waals surface area contributed by atoms with Crippen LogP contribution in [0.1, 0.15) is 44.2 Å². The Morgan fingerprint density at radius 2 is 1.82 bits per heavy atom. The Morgan fingerprint density at radius 1 is 1.11 bits per heavy atom. The fourth-order valence-electron chi connectivity index (χ4n) is 7.80. The SMILES string of the molecule is C=CCN(Cc1ccccc1)C(=O)[C@@H]1[C@@H]2CCC3(O2)C(C(=O)N(CC=C)c2c(C)cccc2Cl)N([C@@H](CO)CC(C)C)C(=O)[C@H]13. The predicted octanol–water partition coefficient (Wildman–Crippen LogP) is 5.16. The molecule has 8 nitrogen and oxygen atoms in total. The molecule has 1 N–H and O–H groups in total. The van der Waals surface area contributed by atoms with E-state index in [4.69, 9.17) is 16.3 Å². The van der Waals surface area contributed by atoms with E-state index in [-0.39, 0.29) is 36.8 Å². The van der Waals surface area contributed by atoms with Crippen molar-refractivity contribution in [1.29, 1.82) is 0 Å². The summed E-state index contributed by atoms with van der Waals surface area (Å²) in [4.78, 5) is 48.9. The van der Waals surface area contributed by atoms with E-state index >= 15 is 0 Å². The van der Waals surface area contributed by atoms with Crippen LogP contribution in [0, 0.1) is 24.7 Å². The van der Waals surface area contributed by atoms with Crippen LogP contribution in [0.15, 0.2) is 73.8 Å². The molecule has 0 aromatic heterocycles. The molecule has 3 amide bonds. The van der Waals surface area contributed by atoms with E-state index in [1.807, 2.05) is 63.2 Å². The summed E-state index contributed by atoms with van der Waals surface area (Å²) in [6, 6.07) is 13.5. The van der Waals surface area contributed by atoms with Crippen molar-refractivity contribution in [3.63, 3.8) is 0 Å². The van der Waals surface area contributed by atoms with Crippen molar-refractivity contribution in [3.05, 3.63) is 90.0 Å². The fraction of sp³-hybridized carbons (Fsp3) is 0.472. The van der Waals surface area contributed by atoms with Crippen LogP contribution in [-0.2, 0) is 25.7 Å². The van der Waals surface area contributed by atoms with Crippen LogP contribution < -0.4 is 4.90 Å². The molecule has 0 radical (unpaired) electrons. The largest absolute Gasteiger partial charge is 0.394 e. The van der Waals surface area contributed by atoms with Gasteiger partial charge >= 0.3 is 0 Å². The quantitative estimate of drug-likeness (QED) is 0.308. The number of aliphatic hydroxyl groups is 1. The second kappa shape index (κ2) is 13.5. The zero-order valence-electron chi connectivity index (χ0n) is 26.4. The number of para-hydroxylation sites is 1. The van der Waals surface area contributed by atoms with Gasteiger partial charge in [-0.2, -0.15) is 0 Å². The second-order valence-electron chi connectivity index (χ2n) is 12.9. The Labute approximate surface area is 271 Å². The lowest BCUT2D eigenvalue weighted by Crippen LogP contribution is -2.59. The number of benzene rings is 2. The smallest absolute Gasteiger partial charge is 0.253 e. The van der Waals surface area contributed by atoms with Crippen LogP contribution in [0.4, 0.5) is 5.69 Å². The van der Waals surface area contributed by atoms with Gasteiger partial charge in [-0.15, -0.1) is 13.2 Å². The van der Waals surface area contributed by atoms with E-state index in [1.165, 1.54) is 0 Å². The standard InChI is InChI=1S/C36H44ClN3O5/c1-6-18-38(21-25-13-9-8-10-14-25)33(42)29-28-16-17-36(45-28)30(29)34(43)40(26(22-41)20-23(3)4)32(36)35(44)39(19-7-2)31-24(5)12-11-15-27(31)37/h6-15,23,26,28-30,32,41H,1-2,16-22H2,3-5H3/t26-,28+,29-,30+,32?,36?/m1/s1. The Kier molecular flexibility index (Phi) is 9.87. The van der Waals surface area contributed by atoms with E-state index in [0.717, 1.165) is 11.1 Å². The number of likely N-dealkylation sites (tertiary alicyclic amines) is 1. The first-order chi connectivity index (χ1) is 21.6. The summed E-state index contributed by atoms with van der Waals surface area (Å²) in [5, 5.41) is 11.0. The monoisotopic (exact) mass is 633 g/mol. The van der Waals surface area contributed by atoms with Gasteiger partial charge < -0.3 is 24.5 Å². The van der Waals surface area contributed by atoms with Crippen LogP contribution in [0.3, 0.4) is 0 Å². The molecule has 0 aliphatic carbocycles. The van der Waals surface area contributed by atoms with Crippen molar-refractivity contribution in [1.82, 2.24) is 9.80 Å². The number of hydrogen-bond acceptors (Lipinski definition) is 5. The second-order valence-corrected chi connectivity index (χ2v) is 13.3. The molecular formula is C36H44ClN3O5. The van der Waals surface area contributed by atoms with Gasteiger partial charge in [0.2, 0.25) is 11.8 Å². The molecule has 3 fully saturated rings. The molecule has 2 aromatic carbocycles. The minimum Gasteiger partial charge on any atom is -0.394 e. The van der Waals surface area contributed by atoms with Gasteiger partial charge in [0.25, 0.3) is 5.91 Å². The van der Waals surface area contributed by atoms with Gasteiger partial charge in [-0.25, -0.2) is 0 Å². The number of anilines is 1. The molecule has 1 spiro atoms. The minimum atomic E-state index is -1.22. The summed E-state index contributed by atoms with van der Waals surface area (Å²) in [5.41, 5.74) is 1.09. The molecule has 2 unspecified atom stereocenters. The maximum absolute atomic E-state index is 14.9. The molecule has 9 heteroatoms. The van der Waals surface area contributed by atoms with E-state index in [2.05, 4.69) is 13.2 Å². The van der Waals surface area contributed by atoms with Crippen molar-refractivity contribution < 1.29 is 24.2 Å². The van der Waals surface area contributed by atoms with Crippen LogP contribution in [0.2, 0.25) is 5.02 Å². The van der Waals surface area contributed by atoms with Gasteiger partial charge in [0.1, 0.15) is 11.6 Å². The molecule has 240 valence electrons. The van der Waals surface area contributed by atoms with Crippen LogP contribution in [0.5, 0.6) is 0 Å². The summed E-state index contributed by atoms with van der Waals surface area (Å²) in [6.45, 7) is 14.2. The van der Waals surface area contributed by atoms with Gasteiger partial charge in [0, 0.05) is 19.6 Å². The number of aryl methyl sites for hydroxylation is 1. The molecule has 2 bridgehead atoms. The number of amides is 3. The highest BCUT2D eigenvalue weighted by Crippen LogP contribution is 2.59. The normalized spacial score (nSPS) is 25.7. The Balaban J connectivity index is 1.60. The summed E-state index contributed by atoms with van der Waals surface area (Å²) in [6.07, 6.45) is 4.30. The third-order valence-corrected chi connectivity index (χ3v) is 9.82. The number of nitrogens with zero attached hydrogens (tertiary/aromatic N) is 3. The molecule has 0 saturated carbocycles. The van der Waals surface area contributed by atoms with Crippen LogP contribution >= 0.6 is 11.6 Å². The highest BCUT2D eigenvalue weighted by Gasteiger charge is 2.75. The van der Waals surface area contributed by atoms with Gasteiger partial charge in [0.05, 0.1) is 41.3 Å². The van der Waals surface area contributed by atoms with Crippen molar-refractivity contribution in [2.24, 2.45) is 17.8 Å². The molecule has 2 aromatic rings. The zero-order valence-corrected chi connectivity index (χ0v) is 27.2. The maximum atomic E-state index is 14.9. The molecule has 6 atom stereocenters. The molecular weight excluding hydrogens is 590 g/mol. The van der Waals surface area contributed by atoms with E-state index in [1.54, 1.807) is 32.9 Å². The third kappa shape index (κ3) is 5.84. The fourth-order valence-corrected chi connectivity index (χ4v) is 8.13. The van der Waals surface area contributed by atoms with Gasteiger partial charge in [-0.3, -0.25) is 14.4 Å². The molecule has 5 rings (SSSR count). The van der Waals surface area contributed by atoms with Crippen LogP contribution in [-0.4, -0.2) is 76.1 Å². The van der Waals surface area contributed by atoms with E-state index < -0.39 is 35.6 Å². The number of halogens is 1. The lowest BCUT2D eigenvalue weighted by Gasteiger charge is -2.40. The molecule has 3 heterocycles. The van der Waals surface area contributed by atoms with Crippen molar-refractivity contribution in [2.45, 2.75) is 70.4 Å². The number of hydrogen-bond donors (Lipinski definition) is 1. The van der Waals surface area contributed by atoms with Crippen LogP contribution in [0.25, 0.3) is 0 Å². The Morgan fingerprint density at radius 3 is 2.44 bits per heavy atom. The molecule has 3 saturated heterocycles. The Hall–Kier alpha value is -3.46. The number of fused-ring (bicyclic) bond motifs is 1. The Bertz CT molecular complexity index is 1430. The summed E-state index contributed by atoms with van der Waals surface area (Å²) in [5.74, 6) is -2.34. The van der Waals surface area contributed by atoms with Crippen molar-refractivity contribution in [2.75, 3.05) is 24.6 Å². The predicted molar refractivity (Wildman–Crippen MR) is 176 cm³/mol. The zero-order chi connectivity index (χ0) is 32.5. The highest BCUT2D eigenvalue weighted by molar-refractivity contribution is 6.34. The molecule has 45 heavy (non-hydrogen) atoms. The number of rotatable bonds is 13. The maximum Gasteiger partial charge on any atom is 0.253 e.